The number of hydrogen-bond donors (Lipinski definition) is 0. The molecule has 0 radical (unpaired) electrons. The van der Waals surface area contributed by atoms with Crippen molar-refractivity contribution in [2.24, 2.45) is 5.92 Å². The van der Waals surface area contributed by atoms with Gasteiger partial charge in [-0.25, -0.2) is 9.67 Å². The Balaban J connectivity index is 1.72. The minimum atomic E-state index is -4.44. The lowest BCUT2D eigenvalue weighted by Gasteiger charge is -2.41. The van der Waals surface area contributed by atoms with Crippen LogP contribution in [0, 0.1) is 5.92 Å². The van der Waals surface area contributed by atoms with Crippen molar-refractivity contribution in [3.8, 4) is 0 Å². The molecule has 2 aromatic rings. The van der Waals surface area contributed by atoms with E-state index in [1.807, 2.05) is 20.8 Å². The van der Waals surface area contributed by atoms with Gasteiger partial charge in [0, 0.05) is 36.7 Å². The van der Waals surface area contributed by atoms with Crippen LogP contribution in [0.15, 0.2) is 35.3 Å². The van der Waals surface area contributed by atoms with E-state index in [0.29, 0.717) is 19.6 Å². The minimum Gasteiger partial charge on any atom is -0.355 e. The standard InChI is InChI=1S/C18H21F3N4O/c1-17(2,3)14-6-7-15(26)25(23-14)11-12-9-24(10-12)16-13(18(19,20)21)5-4-8-22-16/h4-8,12H,9-11H2,1-3H3. The second-order valence-corrected chi connectivity index (χ2v) is 7.63. The summed E-state index contributed by atoms with van der Waals surface area (Å²) in [4.78, 5) is 17.5. The summed E-state index contributed by atoms with van der Waals surface area (Å²) in [6, 6.07) is 5.53. The molecule has 0 aliphatic carbocycles. The maximum atomic E-state index is 13.1. The number of anilines is 1. The lowest BCUT2D eigenvalue weighted by Crippen LogP contribution is -2.50. The number of aromatic nitrogens is 3. The molecule has 0 amide bonds. The topological polar surface area (TPSA) is 51.0 Å². The first-order valence-corrected chi connectivity index (χ1v) is 8.41. The van der Waals surface area contributed by atoms with Crippen LogP contribution in [0.25, 0.3) is 0 Å². The fraction of sp³-hybridized carbons (Fsp3) is 0.500. The molecule has 2 aromatic heterocycles. The van der Waals surface area contributed by atoms with Crippen molar-refractivity contribution in [3.63, 3.8) is 0 Å². The van der Waals surface area contributed by atoms with E-state index in [4.69, 9.17) is 0 Å². The zero-order valence-electron chi connectivity index (χ0n) is 14.9. The third-order valence-electron chi connectivity index (χ3n) is 4.41. The fourth-order valence-electron chi connectivity index (χ4n) is 2.95. The van der Waals surface area contributed by atoms with Crippen molar-refractivity contribution in [2.75, 3.05) is 18.0 Å². The minimum absolute atomic E-state index is 0.0542. The smallest absolute Gasteiger partial charge is 0.355 e. The van der Waals surface area contributed by atoms with E-state index in [1.54, 1.807) is 11.0 Å². The van der Waals surface area contributed by atoms with E-state index in [1.165, 1.54) is 23.0 Å². The second-order valence-electron chi connectivity index (χ2n) is 7.63. The Bertz CT molecular complexity index is 848. The SMILES string of the molecule is CC(C)(C)c1ccc(=O)n(CC2CN(c3ncccc3C(F)(F)F)C2)n1. The molecule has 5 nitrogen and oxygen atoms in total. The van der Waals surface area contributed by atoms with Crippen molar-refractivity contribution in [1.29, 1.82) is 0 Å². The third-order valence-corrected chi connectivity index (χ3v) is 4.41. The Morgan fingerprint density at radius 3 is 2.46 bits per heavy atom. The van der Waals surface area contributed by atoms with E-state index < -0.39 is 11.7 Å². The fourth-order valence-corrected chi connectivity index (χ4v) is 2.95. The molecule has 3 heterocycles. The maximum absolute atomic E-state index is 13.1. The molecule has 1 fully saturated rings. The monoisotopic (exact) mass is 366 g/mol. The van der Waals surface area contributed by atoms with Gasteiger partial charge >= 0.3 is 6.18 Å². The van der Waals surface area contributed by atoms with Crippen LogP contribution in [0.5, 0.6) is 0 Å². The number of hydrogen-bond acceptors (Lipinski definition) is 4. The van der Waals surface area contributed by atoms with Gasteiger partial charge in [-0.05, 0) is 18.2 Å². The molecule has 26 heavy (non-hydrogen) atoms. The Kier molecular flexibility index (Phi) is 4.54. The van der Waals surface area contributed by atoms with Crippen LogP contribution in [0.2, 0.25) is 0 Å². The highest BCUT2D eigenvalue weighted by molar-refractivity contribution is 5.50. The zero-order valence-corrected chi connectivity index (χ0v) is 14.9. The van der Waals surface area contributed by atoms with Gasteiger partial charge in [-0.15, -0.1) is 0 Å². The first-order chi connectivity index (χ1) is 12.1. The van der Waals surface area contributed by atoms with Crippen LogP contribution in [-0.2, 0) is 18.1 Å². The number of halogens is 3. The summed E-state index contributed by atoms with van der Waals surface area (Å²) in [5.41, 5.74) is -0.317. The van der Waals surface area contributed by atoms with Crippen LogP contribution in [0.4, 0.5) is 19.0 Å². The number of nitrogens with zero attached hydrogens (tertiary/aromatic N) is 4. The Morgan fingerprint density at radius 2 is 1.85 bits per heavy atom. The molecule has 0 aromatic carbocycles. The van der Waals surface area contributed by atoms with E-state index in [2.05, 4.69) is 10.1 Å². The van der Waals surface area contributed by atoms with Crippen LogP contribution in [-0.4, -0.2) is 27.9 Å². The Hall–Kier alpha value is -2.38. The predicted molar refractivity (Wildman–Crippen MR) is 92.1 cm³/mol. The molecular weight excluding hydrogens is 345 g/mol. The van der Waals surface area contributed by atoms with Crippen LogP contribution >= 0.6 is 0 Å². The van der Waals surface area contributed by atoms with Crippen molar-refractivity contribution in [2.45, 2.75) is 38.9 Å². The molecule has 140 valence electrons. The molecule has 0 saturated carbocycles. The zero-order chi connectivity index (χ0) is 19.1. The lowest BCUT2D eigenvalue weighted by atomic mass is 9.92. The van der Waals surface area contributed by atoms with Gasteiger partial charge < -0.3 is 4.90 Å². The number of rotatable bonds is 3. The molecule has 0 unspecified atom stereocenters. The van der Waals surface area contributed by atoms with Crippen LogP contribution in [0.3, 0.4) is 0 Å². The molecule has 1 aliphatic rings. The van der Waals surface area contributed by atoms with E-state index in [0.717, 1.165) is 11.8 Å². The Labute approximate surface area is 149 Å². The van der Waals surface area contributed by atoms with Crippen LogP contribution < -0.4 is 10.5 Å². The lowest BCUT2D eigenvalue weighted by molar-refractivity contribution is -0.137. The summed E-state index contributed by atoms with van der Waals surface area (Å²) in [5, 5.41) is 4.41. The van der Waals surface area contributed by atoms with Gasteiger partial charge in [-0.2, -0.15) is 18.3 Å². The molecule has 8 heteroatoms. The molecule has 3 rings (SSSR count). The summed E-state index contributed by atoms with van der Waals surface area (Å²) >= 11 is 0. The van der Waals surface area contributed by atoms with Gasteiger partial charge in [0.1, 0.15) is 5.82 Å². The molecule has 0 atom stereocenters. The summed E-state index contributed by atoms with van der Waals surface area (Å²) in [6.45, 7) is 7.23. The molecule has 1 aliphatic heterocycles. The number of pyridine rings is 1. The van der Waals surface area contributed by atoms with Gasteiger partial charge in [0.05, 0.1) is 17.8 Å². The highest BCUT2D eigenvalue weighted by atomic mass is 19.4. The third kappa shape index (κ3) is 3.73. The van der Waals surface area contributed by atoms with Crippen molar-refractivity contribution >= 4 is 5.82 Å². The molecule has 0 N–H and O–H groups in total. The van der Waals surface area contributed by atoms with E-state index >= 15 is 0 Å². The average Bonchev–Trinajstić information content (AvgIpc) is 2.50. The molecule has 0 spiro atoms. The van der Waals surface area contributed by atoms with E-state index in [-0.39, 0.29) is 22.7 Å². The highest BCUT2D eigenvalue weighted by Gasteiger charge is 2.39. The summed E-state index contributed by atoms with van der Waals surface area (Å²) in [7, 11) is 0. The van der Waals surface area contributed by atoms with Gasteiger partial charge in [-0.3, -0.25) is 4.79 Å². The van der Waals surface area contributed by atoms with Crippen molar-refractivity contribution in [3.05, 3.63) is 52.1 Å². The quantitative estimate of drug-likeness (QED) is 0.838. The summed E-state index contributed by atoms with van der Waals surface area (Å²) < 4.78 is 40.7. The predicted octanol–water partition coefficient (Wildman–Crippen LogP) is 3.09. The summed E-state index contributed by atoms with van der Waals surface area (Å²) in [6.07, 6.45) is -3.08. The van der Waals surface area contributed by atoms with Gasteiger partial charge in [-0.1, -0.05) is 20.8 Å². The van der Waals surface area contributed by atoms with Gasteiger partial charge in [0.2, 0.25) is 0 Å². The molecule has 1 saturated heterocycles. The molecule has 0 bridgehead atoms. The first kappa shape index (κ1) is 18.4. The number of alkyl halides is 3. The van der Waals surface area contributed by atoms with E-state index in [9.17, 15) is 18.0 Å². The largest absolute Gasteiger partial charge is 0.419 e. The average molecular weight is 366 g/mol. The van der Waals surface area contributed by atoms with Gasteiger partial charge in [0.15, 0.2) is 0 Å². The van der Waals surface area contributed by atoms with Gasteiger partial charge in [0.25, 0.3) is 5.56 Å². The van der Waals surface area contributed by atoms with Crippen molar-refractivity contribution in [1.82, 2.24) is 14.8 Å². The summed E-state index contributed by atoms with van der Waals surface area (Å²) in [5.74, 6) is -0.00138. The maximum Gasteiger partial charge on any atom is 0.419 e. The second kappa shape index (κ2) is 6.41. The highest BCUT2D eigenvalue weighted by Crippen LogP contribution is 2.37. The molecular formula is C18H21F3N4O. The normalized spacial score (nSPS) is 15.8. The van der Waals surface area contributed by atoms with Crippen molar-refractivity contribution < 1.29 is 13.2 Å². The Morgan fingerprint density at radius 1 is 1.15 bits per heavy atom. The first-order valence-electron chi connectivity index (χ1n) is 8.41. The van der Waals surface area contributed by atoms with Crippen LogP contribution in [0.1, 0.15) is 32.0 Å².